The number of aromatic nitrogens is 2. The highest BCUT2D eigenvalue weighted by atomic mass is 15.2. The second-order valence-electron chi connectivity index (χ2n) is 25.1. The monoisotopic (exact) mass is 1090 g/mol. The number of fused-ring (bicyclic) bond motifs is 8. The molecule has 0 radical (unpaired) electrons. The number of aryl methyl sites for hydroxylation is 4. The Balaban J connectivity index is 1.00. The zero-order valence-electron chi connectivity index (χ0n) is 49.2. The average molecular weight is 1090 g/mol. The van der Waals surface area contributed by atoms with E-state index in [1.54, 1.807) is 0 Å². The van der Waals surface area contributed by atoms with Crippen molar-refractivity contribution in [3.8, 4) is 11.4 Å². The number of anilines is 6. The van der Waals surface area contributed by atoms with E-state index in [1.807, 2.05) is 0 Å². The first-order valence-electron chi connectivity index (χ1n) is 31.0. The van der Waals surface area contributed by atoms with Crippen molar-refractivity contribution in [2.75, 3.05) is 9.80 Å². The van der Waals surface area contributed by atoms with Crippen molar-refractivity contribution in [1.29, 1.82) is 0 Å². The second kappa shape index (κ2) is 19.8. The van der Waals surface area contributed by atoms with Crippen molar-refractivity contribution in [3.05, 3.63) is 251 Å². The Morgan fingerprint density at radius 3 is 1.15 bits per heavy atom. The summed E-state index contributed by atoms with van der Waals surface area (Å²) >= 11 is 0. The Morgan fingerprint density at radius 2 is 0.714 bits per heavy atom. The third-order valence-electron chi connectivity index (χ3n) is 19.2. The van der Waals surface area contributed by atoms with E-state index in [4.69, 9.17) is 0 Å². The molecule has 2 aliphatic carbocycles. The zero-order chi connectivity index (χ0) is 56.5. The third-order valence-corrected chi connectivity index (χ3v) is 19.2. The highest BCUT2D eigenvalue weighted by molar-refractivity contribution is 6.30. The lowest BCUT2D eigenvalue weighted by Crippen LogP contribution is -2.17. The highest BCUT2D eigenvalue weighted by Crippen LogP contribution is 2.53. The van der Waals surface area contributed by atoms with Gasteiger partial charge in [-0.05, 0) is 228 Å². The summed E-state index contributed by atoms with van der Waals surface area (Å²) in [4.78, 5) is 5.35. The number of benzene rings is 12. The first kappa shape index (κ1) is 50.6. The Labute approximate surface area is 493 Å². The van der Waals surface area contributed by atoms with Crippen molar-refractivity contribution < 1.29 is 0 Å². The maximum atomic E-state index is 2.68. The van der Waals surface area contributed by atoms with E-state index in [9.17, 15) is 0 Å². The van der Waals surface area contributed by atoms with E-state index in [2.05, 4.69) is 267 Å². The van der Waals surface area contributed by atoms with Crippen LogP contribution in [0.3, 0.4) is 0 Å². The Bertz CT molecular complexity index is 4650. The van der Waals surface area contributed by atoms with Crippen LogP contribution in [0.5, 0.6) is 0 Å². The van der Waals surface area contributed by atoms with Crippen molar-refractivity contribution >= 4 is 110 Å². The molecule has 2 aromatic heterocycles. The molecule has 0 unspecified atom stereocenters. The van der Waals surface area contributed by atoms with Crippen LogP contribution >= 0.6 is 0 Å². The molecule has 0 amide bonds. The maximum Gasteiger partial charge on any atom is 0.0561 e. The van der Waals surface area contributed by atoms with Crippen molar-refractivity contribution in [3.63, 3.8) is 0 Å². The number of hydrogen-bond donors (Lipinski definition) is 0. The van der Waals surface area contributed by atoms with Gasteiger partial charge in [0.15, 0.2) is 0 Å². The quantitative estimate of drug-likeness (QED) is 0.127. The highest BCUT2D eigenvalue weighted by Gasteiger charge is 2.30. The van der Waals surface area contributed by atoms with Crippen LogP contribution in [0.25, 0.3) is 87.3 Å². The molecule has 0 aliphatic heterocycles. The summed E-state index contributed by atoms with van der Waals surface area (Å²) in [6, 6.07) is 79.9. The van der Waals surface area contributed by atoms with Gasteiger partial charge < -0.3 is 18.9 Å². The van der Waals surface area contributed by atoms with Gasteiger partial charge in [-0.1, -0.05) is 149 Å². The van der Waals surface area contributed by atoms with Gasteiger partial charge in [0, 0.05) is 66.4 Å². The molecule has 16 rings (SSSR count). The Kier molecular flexibility index (Phi) is 11.9. The summed E-state index contributed by atoms with van der Waals surface area (Å²) < 4.78 is 4.99. The second-order valence-corrected chi connectivity index (χ2v) is 25.1. The molecule has 12 aromatic carbocycles. The molecule has 84 heavy (non-hydrogen) atoms. The molecule has 410 valence electrons. The molecule has 2 heterocycles. The van der Waals surface area contributed by atoms with Crippen molar-refractivity contribution in [2.45, 2.75) is 105 Å². The summed E-state index contributed by atoms with van der Waals surface area (Å²) in [5.74, 6) is 0.518. The van der Waals surface area contributed by atoms with E-state index in [0.29, 0.717) is 0 Å². The number of hydrogen-bond acceptors (Lipinski definition) is 2. The lowest BCUT2D eigenvalue weighted by molar-refractivity contribution is 0.686. The Hall–Kier alpha value is -9.12. The van der Waals surface area contributed by atoms with Gasteiger partial charge >= 0.3 is 0 Å². The molecule has 0 spiro atoms. The molecule has 0 bridgehead atoms. The molecular weight excluding hydrogens is 1020 g/mol. The number of nitrogens with zero attached hydrogens (tertiary/aromatic N) is 4. The lowest BCUT2D eigenvalue weighted by atomic mass is 9.83. The van der Waals surface area contributed by atoms with Crippen LogP contribution in [0.15, 0.2) is 206 Å². The molecule has 4 nitrogen and oxygen atoms in total. The standard InChI is InChI=1S/C80H70N4/c1-49(2)69-47-77(83(71-33-17-23-53-21-7-9-27-59(53)71)57-35-37-63-61-29-11-13-31-73(61)81(75(63)45-57)55-25-15-19-51(5)43-55)67-42-40-66-70(50(3)4)48-78(68-41-39-65(69)79(67)80(66)68)84(72-34-18-24-54-22-8-10-28-60(54)72)58-36-38-64-62-30-12-14-32-74(62)82(76(64)46-58)56-26-16-20-52(6)44-56/h11-20,23-26,29-50H,7-10,21-22,27-28H2,1-6H3. The van der Waals surface area contributed by atoms with Gasteiger partial charge in [-0.25, -0.2) is 0 Å². The summed E-state index contributed by atoms with van der Waals surface area (Å²) in [5, 5.41) is 13.0. The summed E-state index contributed by atoms with van der Waals surface area (Å²) in [6.45, 7) is 14.0. The van der Waals surface area contributed by atoms with Crippen molar-refractivity contribution in [2.24, 2.45) is 0 Å². The van der Waals surface area contributed by atoms with Crippen LogP contribution in [0.2, 0.25) is 0 Å². The van der Waals surface area contributed by atoms with Crippen LogP contribution < -0.4 is 9.80 Å². The normalized spacial score (nSPS) is 13.7. The molecule has 0 atom stereocenters. The molecule has 14 aromatic rings. The van der Waals surface area contributed by atoms with Crippen LogP contribution in [0.1, 0.15) is 110 Å². The van der Waals surface area contributed by atoms with E-state index in [1.165, 1.54) is 192 Å². The summed E-state index contributed by atoms with van der Waals surface area (Å²) in [7, 11) is 0. The molecule has 0 fully saturated rings. The largest absolute Gasteiger partial charge is 0.309 e. The van der Waals surface area contributed by atoms with E-state index < -0.39 is 0 Å². The van der Waals surface area contributed by atoms with Crippen LogP contribution in [0, 0.1) is 13.8 Å². The molecule has 2 aliphatic rings. The minimum atomic E-state index is 0.259. The van der Waals surface area contributed by atoms with E-state index >= 15 is 0 Å². The molecule has 0 saturated heterocycles. The van der Waals surface area contributed by atoms with Crippen molar-refractivity contribution in [1.82, 2.24) is 9.13 Å². The van der Waals surface area contributed by atoms with Gasteiger partial charge in [0.05, 0.1) is 33.4 Å². The van der Waals surface area contributed by atoms with Gasteiger partial charge in [0.1, 0.15) is 0 Å². The zero-order valence-corrected chi connectivity index (χ0v) is 49.2. The van der Waals surface area contributed by atoms with Gasteiger partial charge in [0.2, 0.25) is 0 Å². The maximum absolute atomic E-state index is 2.68. The molecular formula is C80H70N4. The number of rotatable bonds is 10. The van der Waals surface area contributed by atoms with E-state index in [0.717, 1.165) is 25.7 Å². The minimum absolute atomic E-state index is 0.259. The predicted molar refractivity (Wildman–Crippen MR) is 359 cm³/mol. The number of para-hydroxylation sites is 2. The van der Waals surface area contributed by atoms with Gasteiger partial charge in [-0.3, -0.25) is 0 Å². The third kappa shape index (κ3) is 7.86. The van der Waals surface area contributed by atoms with Crippen LogP contribution in [0.4, 0.5) is 34.1 Å². The molecule has 0 saturated carbocycles. The predicted octanol–water partition coefficient (Wildman–Crippen LogP) is 22.3. The Morgan fingerprint density at radius 1 is 0.321 bits per heavy atom. The van der Waals surface area contributed by atoms with E-state index in [-0.39, 0.29) is 11.8 Å². The summed E-state index contributed by atoms with van der Waals surface area (Å²) in [5.41, 5.74) is 25.8. The fourth-order valence-electron chi connectivity index (χ4n) is 15.4. The fraction of sp³-hybridized carbons (Fsp3) is 0.200. The fourth-order valence-corrected chi connectivity index (χ4v) is 15.4. The van der Waals surface area contributed by atoms with Crippen LogP contribution in [-0.2, 0) is 25.7 Å². The average Bonchev–Trinajstić information content (AvgIpc) is 0.990. The minimum Gasteiger partial charge on any atom is -0.309 e. The SMILES string of the molecule is Cc1cccc(-n2c3ccccc3c3ccc(N(c4cccc5c4CCCC5)c4cc(C(C)C)c5ccc6c(N(c7ccc8c9ccccc9n(-c9cccc(C)c9)c8c7)c7cccc8c7CCCC8)cc(C(C)C)c7ccc4c5c76)cc32)c1. The van der Waals surface area contributed by atoms with Gasteiger partial charge in [-0.2, -0.15) is 0 Å². The lowest BCUT2D eigenvalue weighted by Gasteiger charge is -2.34. The summed E-state index contributed by atoms with van der Waals surface area (Å²) in [6.07, 6.45) is 9.18. The smallest absolute Gasteiger partial charge is 0.0561 e. The first-order valence-corrected chi connectivity index (χ1v) is 31.0. The first-order chi connectivity index (χ1) is 41.2. The molecule has 0 N–H and O–H groups in total. The topological polar surface area (TPSA) is 16.3 Å². The van der Waals surface area contributed by atoms with Gasteiger partial charge in [0.25, 0.3) is 0 Å². The van der Waals surface area contributed by atoms with Gasteiger partial charge in [-0.15, -0.1) is 0 Å². The molecule has 4 heteroatoms. The van der Waals surface area contributed by atoms with Crippen LogP contribution in [-0.4, -0.2) is 9.13 Å².